The Bertz CT molecular complexity index is 2610. The van der Waals surface area contributed by atoms with Gasteiger partial charge in [0.15, 0.2) is 35.4 Å². The average Bonchev–Trinajstić information content (AvgIpc) is 3.62. The number of esters is 4. The van der Waals surface area contributed by atoms with Gasteiger partial charge in [0.2, 0.25) is 5.79 Å². The molecule has 4 aromatic carbocycles. The van der Waals surface area contributed by atoms with Gasteiger partial charge in [0, 0.05) is 24.3 Å². The summed E-state index contributed by atoms with van der Waals surface area (Å²) < 4.78 is 50.2. The zero-order chi connectivity index (χ0) is 51.2. The molecule has 21 nitrogen and oxygen atoms in total. The van der Waals surface area contributed by atoms with E-state index in [0.717, 1.165) is 24.3 Å². The number of aliphatic hydroxyl groups excluding tert-OH is 4. The molecule has 0 aliphatic carbocycles. The third kappa shape index (κ3) is 14.2. The molecule has 0 aromatic heterocycles. The summed E-state index contributed by atoms with van der Waals surface area (Å²) in [4.78, 5) is 52.6. The van der Waals surface area contributed by atoms with Crippen LogP contribution in [0.4, 0.5) is 0 Å². The van der Waals surface area contributed by atoms with Crippen LogP contribution in [0, 0.1) is 0 Å². The molecule has 8 N–H and O–H groups in total. The Balaban J connectivity index is 1.28. The number of phenols is 4. The number of hydrogen-bond acceptors (Lipinski definition) is 21. The predicted octanol–water partition coefficient (Wildman–Crippen LogP) is 2.50. The van der Waals surface area contributed by atoms with Crippen molar-refractivity contribution in [1.82, 2.24) is 0 Å². The zero-order valence-corrected chi connectivity index (χ0v) is 37.8. The van der Waals surface area contributed by atoms with Gasteiger partial charge in [-0.3, -0.25) is 0 Å². The van der Waals surface area contributed by atoms with Gasteiger partial charge in [-0.1, -0.05) is 36.4 Å². The van der Waals surface area contributed by atoms with Crippen LogP contribution in [0.2, 0.25) is 0 Å². The summed E-state index contributed by atoms with van der Waals surface area (Å²) in [5.74, 6) is -7.02. The van der Waals surface area contributed by atoms with Crippen LogP contribution in [0.5, 0.6) is 34.5 Å². The van der Waals surface area contributed by atoms with Gasteiger partial charge in [-0.2, -0.15) is 0 Å². The minimum Gasteiger partial charge on any atom is -0.508 e. The fourth-order valence-corrected chi connectivity index (χ4v) is 6.97. The van der Waals surface area contributed by atoms with Crippen molar-refractivity contribution in [2.45, 2.75) is 54.8 Å². The van der Waals surface area contributed by atoms with Gasteiger partial charge in [-0.05, 0) is 95.1 Å². The van der Waals surface area contributed by atoms with Crippen LogP contribution in [-0.2, 0) is 52.3 Å². The first-order chi connectivity index (χ1) is 34.0. The van der Waals surface area contributed by atoms with E-state index in [0.29, 0.717) is 22.3 Å². The van der Waals surface area contributed by atoms with Crippen molar-refractivity contribution in [2.24, 2.45) is 0 Å². The van der Waals surface area contributed by atoms with E-state index >= 15 is 0 Å². The minimum atomic E-state index is -2.71. The highest BCUT2D eigenvalue weighted by atomic mass is 16.8. The summed E-state index contributed by atoms with van der Waals surface area (Å²) in [5.41, 5.74) is 1.74. The lowest BCUT2D eigenvalue weighted by atomic mass is 9.98. The smallest absolute Gasteiger partial charge is 0.331 e. The number of rotatable bonds is 19. The molecular formula is C50H50O21. The second-order valence-electron chi connectivity index (χ2n) is 15.7. The Kier molecular flexibility index (Phi) is 17.9. The largest absolute Gasteiger partial charge is 0.508 e. The first-order valence-electron chi connectivity index (χ1n) is 21.5. The maximum Gasteiger partial charge on any atom is 0.331 e. The number of phenolic OH excluding ortho intramolecular Hbond substituents is 4. The Labute approximate surface area is 404 Å². The number of aliphatic hydroxyl groups is 4. The molecule has 2 aliphatic rings. The number of aromatic hydroxyl groups is 4. The van der Waals surface area contributed by atoms with Gasteiger partial charge in [0.25, 0.3) is 0 Å². The lowest BCUT2D eigenvalue weighted by Gasteiger charge is -2.43. The number of methoxy groups -OCH3 is 2. The summed E-state index contributed by atoms with van der Waals surface area (Å²) in [5, 5.41) is 84.2. The highest BCUT2D eigenvalue weighted by Crippen LogP contribution is 2.39. The molecule has 0 spiro atoms. The van der Waals surface area contributed by atoms with Crippen molar-refractivity contribution < 1.29 is 103 Å². The Hall–Kier alpha value is -7.76. The number of carbonyl (C=O) groups is 4. The third-order valence-electron chi connectivity index (χ3n) is 10.7. The normalized spacial score (nSPS) is 24.3. The van der Waals surface area contributed by atoms with E-state index in [2.05, 4.69) is 0 Å². The molecule has 4 aromatic rings. The molecule has 0 amide bonds. The fraction of sp³-hybridized carbons (Fsp3) is 0.280. The van der Waals surface area contributed by atoms with Gasteiger partial charge in [-0.15, -0.1) is 0 Å². The van der Waals surface area contributed by atoms with Crippen molar-refractivity contribution >= 4 is 48.2 Å². The van der Waals surface area contributed by atoms with Crippen LogP contribution in [0.15, 0.2) is 109 Å². The summed E-state index contributed by atoms with van der Waals surface area (Å²) in [6, 6.07) is 19.9. The molecule has 6 rings (SSSR count). The van der Waals surface area contributed by atoms with Crippen molar-refractivity contribution in [1.29, 1.82) is 0 Å². The SMILES string of the molecule is COc1cc(/C=C/C(=O)OC[C@H]2O[C@@H](O[C@]3(COC(=O)/C=C/c4ccc(O)c(OC)c4)O[C@H](COC(=O)/C=C/c4ccc(O)cc4)[C@H](O)[C@@H]3OC(=O)/C=C/c3ccc(O)cc3)[C@H](O)[C@@H](O)[C@@H]2O)ccc1O. The maximum atomic E-state index is 13.5. The van der Waals surface area contributed by atoms with E-state index in [1.54, 1.807) is 0 Å². The van der Waals surface area contributed by atoms with E-state index in [-0.39, 0.29) is 34.5 Å². The molecule has 2 fully saturated rings. The average molecular weight is 987 g/mol. The van der Waals surface area contributed by atoms with Crippen LogP contribution in [0.1, 0.15) is 22.3 Å². The second kappa shape index (κ2) is 24.2. The van der Waals surface area contributed by atoms with Gasteiger partial charge in [-0.25, -0.2) is 19.2 Å². The monoisotopic (exact) mass is 986 g/mol. The molecule has 0 saturated carbocycles. The van der Waals surface area contributed by atoms with Crippen LogP contribution in [0.3, 0.4) is 0 Å². The highest BCUT2D eigenvalue weighted by molar-refractivity contribution is 5.89. The van der Waals surface area contributed by atoms with Gasteiger partial charge < -0.3 is 83.5 Å². The number of hydrogen-bond donors (Lipinski definition) is 8. The molecule has 2 aliphatic heterocycles. The van der Waals surface area contributed by atoms with Crippen LogP contribution in [0.25, 0.3) is 24.3 Å². The molecule has 9 atom stereocenters. The number of benzene rings is 4. The van der Waals surface area contributed by atoms with E-state index in [1.807, 2.05) is 0 Å². The third-order valence-corrected chi connectivity index (χ3v) is 10.7. The lowest BCUT2D eigenvalue weighted by Crippen LogP contribution is -2.63. The van der Waals surface area contributed by atoms with Crippen LogP contribution >= 0.6 is 0 Å². The molecular weight excluding hydrogens is 937 g/mol. The van der Waals surface area contributed by atoms with Gasteiger partial charge in [0.1, 0.15) is 67.9 Å². The van der Waals surface area contributed by atoms with Crippen molar-refractivity contribution in [3.63, 3.8) is 0 Å². The van der Waals surface area contributed by atoms with Crippen LogP contribution in [-0.4, -0.2) is 154 Å². The quantitative estimate of drug-likeness (QED) is 0.0380. The Morgan fingerprint density at radius 1 is 0.535 bits per heavy atom. The Morgan fingerprint density at radius 3 is 1.46 bits per heavy atom. The predicted molar refractivity (Wildman–Crippen MR) is 246 cm³/mol. The lowest BCUT2D eigenvalue weighted by molar-refractivity contribution is -0.383. The summed E-state index contributed by atoms with van der Waals surface area (Å²) in [6.07, 6.45) is -6.40. The second-order valence-corrected chi connectivity index (χ2v) is 15.7. The molecule has 71 heavy (non-hydrogen) atoms. The first-order valence-corrected chi connectivity index (χ1v) is 21.5. The number of ether oxygens (including phenoxy) is 9. The molecule has 21 heteroatoms. The maximum absolute atomic E-state index is 13.5. The molecule has 0 radical (unpaired) electrons. The molecule has 0 unspecified atom stereocenters. The van der Waals surface area contributed by atoms with Crippen LogP contribution < -0.4 is 9.47 Å². The summed E-state index contributed by atoms with van der Waals surface area (Å²) in [7, 11) is 2.66. The first kappa shape index (κ1) is 52.6. The summed E-state index contributed by atoms with van der Waals surface area (Å²) >= 11 is 0. The van der Waals surface area contributed by atoms with E-state index in [4.69, 9.17) is 42.6 Å². The topological polar surface area (TPSA) is 313 Å². The van der Waals surface area contributed by atoms with E-state index in [9.17, 15) is 60.0 Å². The molecule has 2 heterocycles. The fourth-order valence-electron chi connectivity index (χ4n) is 6.97. The standard InChI is InChI=1S/C50H50O21/c1-63-36-23-30(7-17-34(36)53)11-20-41(56)65-25-38-44(59)46(61)47(62)49(68-38)71-50(27-67-42(57)21-12-31-8-18-35(54)37(24-31)64-2)48(69-43(58)22-10-29-5-15-33(52)16-6-29)45(60)39(70-50)26-66-40(55)19-9-28-3-13-32(51)14-4-28/h3-24,38-39,44-49,51-54,59-62H,25-27H2,1-2H3/b19-9+,20-11+,21-12+,22-10+/t38-,39-,44-,45+,46+,47-,48+,49+,50+/m1/s1. The highest BCUT2D eigenvalue weighted by Gasteiger charge is 2.62. The van der Waals surface area contributed by atoms with E-state index < -0.39 is 98.5 Å². The molecule has 0 bridgehead atoms. The van der Waals surface area contributed by atoms with Gasteiger partial charge >= 0.3 is 23.9 Å². The summed E-state index contributed by atoms with van der Waals surface area (Å²) in [6.45, 7) is -2.62. The Morgan fingerprint density at radius 2 is 0.972 bits per heavy atom. The molecule has 2 saturated heterocycles. The number of carbonyl (C=O) groups excluding carboxylic acids is 4. The van der Waals surface area contributed by atoms with Crippen molar-refractivity contribution in [3.8, 4) is 34.5 Å². The minimum absolute atomic E-state index is 0.0121. The van der Waals surface area contributed by atoms with Crippen molar-refractivity contribution in [3.05, 3.63) is 131 Å². The van der Waals surface area contributed by atoms with Gasteiger partial charge in [0.05, 0.1) is 14.2 Å². The molecule has 376 valence electrons. The zero-order valence-electron chi connectivity index (χ0n) is 37.8. The van der Waals surface area contributed by atoms with E-state index in [1.165, 1.54) is 123 Å². The van der Waals surface area contributed by atoms with Crippen molar-refractivity contribution in [2.75, 3.05) is 34.0 Å².